The van der Waals surface area contributed by atoms with Gasteiger partial charge in [0.25, 0.3) is 5.56 Å². The highest BCUT2D eigenvalue weighted by Crippen LogP contribution is 2.35. The number of thioether (sulfide) groups is 1. The van der Waals surface area contributed by atoms with Crippen LogP contribution in [0.2, 0.25) is 0 Å². The number of aryl methyl sites for hydroxylation is 2. The van der Waals surface area contributed by atoms with E-state index in [1.54, 1.807) is 22.8 Å². The van der Waals surface area contributed by atoms with Gasteiger partial charge in [0.2, 0.25) is 0 Å². The molecule has 2 aromatic rings. The summed E-state index contributed by atoms with van der Waals surface area (Å²) >= 11 is 2.64. The Balaban J connectivity index is 2.18. The molecule has 0 bridgehead atoms. The van der Waals surface area contributed by atoms with Crippen LogP contribution < -0.4 is 10.7 Å². The summed E-state index contributed by atoms with van der Waals surface area (Å²) in [5.74, 6) is -1.15. The Hall–Kier alpha value is -1.34. The van der Waals surface area contributed by atoms with E-state index in [0.29, 0.717) is 11.7 Å². The summed E-state index contributed by atoms with van der Waals surface area (Å²) < 4.78 is 1.57. The standard InChI is InChI=1S/C14H16N2O3S2/c1-3-16-12(17)10-8-5-4-6-9(8)21-11(10)15-14(16)20-7(2)13(18)19/h7H,3-6H2,1-2H3,(H,18,19)/p-1/t7-/m0/s1. The number of carboxylic acid groups (broad SMARTS) is 1. The predicted octanol–water partition coefficient (Wildman–Crippen LogP) is 1.20. The number of aromatic nitrogens is 2. The second-order valence-corrected chi connectivity index (χ2v) is 7.45. The second-order valence-electron chi connectivity index (χ2n) is 5.06. The highest BCUT2D eigenvalue weighted by Gasteiger charge is 2.23. The highest BCUT2D eigenvalue weighted by molar-refractivity contribution is 8.00. The largest absolute Gasteiger partial charge is 0.549 e. The lowest BCUT2D eigenvalue weighted by atomic mass is 10.2. The average Bonchev–Trinajstić information content (AvgIpc) is 2.98. The summed E-state index contributed by atoms with van der Waals surface area (Å²) in [6.07, 6.45) is 3.05. The van der Waals surface area contributed by atoms with Crippen LogP contribution in [0, 0.1) is 0 Å². The number of thiophene rings is 1. The van der Waals surface area contributed by atoms with E-state index in [2.05, 4.69) is 4.98 Å². The SMILES string of the molecule is CCn1c(S[C@@H](C)C(=O)[O-])nc2sc3c(c2c1=O)CCC3. The molecule has 0 spiro atoms. The smallest absolute Gasteiger partial charge is 0.263 e. The molecule has 0 saturated carbocycles. The maximum atomic E-state index is 12.7. The number of carboxylic acids is 1. The fourth-order valence-electron chi connectivity index (χ4n) is 2.63. The Bertz CT molecular complexity index is 779. The van der Waals surface area contributed by atoms with Gasteiger partial charge in [-0.3, -0.25) is 9.36 Å². The molecule has 21 heavy (non-hydrogen) atoms. The predicted molar refractivity (Wildman–Crippen MR) is 81.9 cm³/mol. The molecular weight excluding hydrogens is 308 g/mol. The Labute approximate surface area is 130 Å². The molecule has 3 rings (SSSR count). The number of fused-ring (bicyclic) bond motifs is 3. The van der Waals surface area contributed by atoms with Gasteiger partial charge < -0.3 is 9.90 Å². The van der Waals surface area contributed by atoms with Crippen molar-refractivity contribution in [2.75, 3.05) is 0 Å². The van der Waals surface area contributed by atoms with Crippen molar-refractivity contribution in [2.45, 2.75) is 50.1 Å². The first-order chi connectivity index (χ1) is 10.0. The lowest BCUT2D eigenvalue weighted by Gasteiger charge is -2.15. The van der Waals surface area contributed by atoms with Crippen molar-refractivity contribution in [1.29, 1.82) is 0 Å². The molecule has 0 amide bonds. The van der Waals surface area contributed by atoms with Crippen LogP contribution in [0.1, 0.15) is 30.7 Å². The number of carbonyl (C=O) groups is 1. The van der Waals surface area contributed by atoms with Crippen LogP contribution in [0.25, 0.3) is 10.2 Å². The molecule has 0 unspecified atom stereocenters. The van der Waals surface area contributed by atoms with Crippen LogP contribution in [-0.2, 0) is 24.2 Å². The zero-order valence-corrected chi connectivity index (χ0v) is 13.5. The van der Waals surface area contributed by atoms with Gasteiger partial charge in [0.1, 0.15) is 4.83 Å². The Morgan fingerprint density at radius 1 is 1.52 bits per heavy atom. The summed E-state index contributed by atoms with van der Waals surface area (Å²) in [6.45, 7) is 3.90. The number of hydrogen-bond acceptors (Lipinski definition) is 6. The maximum absolute atomic E-state index is 12.7. The number of rotatable bonds is 4. The van der Waals surface area contributed by atoms with Crippen LogP contribution in [0.15, 0.2) is 9.95 Å². The van der Waals surface area contributed by atoms with Gasteiger partial charge in [0.15, 0.2) is 5.16 Å². The van der Waals surface area contributed by atoms with Crippen LogP contribution >= 0.6 is 23.1 Å². The van der Waals surface area contributed by atoms with Gasteiger partial charge in [0, 0.05) is 16.7 Å². The fourth-order valence-corrected chi connectivity index (χ4v) is 4.84. The molecule has 2 aromatic heterocycles. The van der Waals surface area contributed by atoms with Crippen LogP contribution in [0.3, 0.4) is 0 Å². The molecule has 1 atom stereocenters. The molecule has 112 valence electrons. The molecule has 0 fully saturated rings. The first kappa shape index (κ1) is 14.6. The van der Waals surface area contributed by atoms with Gasteiger partial charge in [0.05, 0.1) is 11.4 Å². The number of carbonyl (C=O) groups excluding carboxylic acids is 1. The summed E-state index contributed by atoms with van der Waals surface area (Å²) in [5.41, 5.74) is 1.11. The first-order valence-corrected chi connectivity index (χ1v) is 8.65. The molecule has 1 aliphatic carbocycles. The third-order valence-electron chi connectivity index (χ3n) is 3.72. The third kappa shape index (κ3) is 2.38. The molecule has 1 aliphatic rings. The van der Waals surface area contributed by atoms with E-state index in [0.717, 1.165) is 46.8 Å². The molecule has 7 heteroatoms. The minimum atomic E-state index is -1.15. The van der Waals surface area contributed by atoms with Gasteiger partial charge in [-0.05, 0) is 38.7 Å². The van der Waals surface area contributed by atoms with E-state index >= 15 is 0 Å². The van der Waals surface area contributed by atoms with Crippen LogP contribution in [0.5, 0.6) is 0 Å². The Morgan fingerprint density at radius 3 is 2.95 bits per heavy atom. The summed E-state index contributed by atoms with van der Waals surface area (Å²) in [6, 6.07) is 0. The second kappa shape index (κ2) is 5.46. The van der Waals surface area contributed by atoms with Crippen molar-refractivity contribution in [2.24, 2.45) is 0 Å². The lowest BCUT2D eigenvalue weighted by Crippen LogP contribution is -2.32. The highest BCUT2D eigenvalue weighted by atomic mass is 32.2. The molecule has 5 nitrogen and oxygen atoms in total. The third-order valence-corrected chi connectivity index (χ3v) is 5.97. The van der Waals surface area contributed by atoms with Crippen molar-refractivity contribution in [3.05, 3.63) is 20.8 Å². The summed E-state index contributed by atoms with van der Waals surface area (Å²) in [4.78, 5) is 30.2. The number of aliphatic carboxylic acids is 1. The van der Waals surface area contributed by atoms with E-state index in [4.69, 9.17) is 0 Å². The van der Waals surface area contributed by atoms with E-state index in [1.165, 1.54) is 4.88 Å². The summed E-state index contributed by atoms with van der Waals surface area (Å²) in [5, 5.41) is 11.4. The van der Waals surface area contributed by atoms with Gasteiger partial charge >= 0.3 is 0 Å². The van der Waals surface area contributed by atoms with E-state index in [-0.39, 0.29) is 5.56 Å². The van der Waals surface area contributed by atoms with Crippen molar-refractivity contribution >= 4 is 39.3 Å². The van der Waals surface area contributed by atoms with Gasteiger partial charge in [-0.15, -0.1) is 11.3 Å². The molecule has 0 aromatic carbocycles. The normalized spacial score (nSPS) is 15.3. The van der Waals surface area contributed by atoms with E-state index in [1.807, 2.05) is 6.92 Å². The van der Waals surface area contributed by atoms with E-state index in [9.17, 15) is 14.7 Å². The Kier molecular flexibility index (Phi) is 3.79. The average molecular weight is 323 g/mol. The quantitative estimate of drug-likeness (QED) is 0.624. The van der Waals surface area contributed by atoms with Crippen molar-refractivity contribution in [3.8, 4) is 0 Å². The van der Waals surface area contributed by atoms with Gasteiger partial charge in [-0.2, -0.15) is 0 Å². The van der Waals surface area contributed by atoms with Gasteiger partial charge in [-0.25, -0.2) is 4.98 Å². The molecule has 0 aliphatic heterocycles. The maximum Gasteiger partial charge on any atom is 0.263 e. The van der Waals surface area contributed by atoms with E-state index < -0.39 is 11.2 Å². The fraction of sp³-hybridized carbons (Fsp3) is 0.500. The zero-order valence-electron chi connectivity index (χ0n) is 11.8. The first-order valence-electron chi connectivity index (χ1n) is 6.95. The number of hydrogen-bond donors (Lipinski definition) is 0. The molecule has 2 heterocycles. The van der Waals surface area contributed by atoms with Gasteiger partial charge in [-0.1, -0.05) is 11.8 Å². The molecule has 0 N–H and O–H groups in total. The topological polar surface area (TPSA) is 75.0 Å². The van der Waals surface area contributed by atoms with Crippen molar-refractivity contribution in [3.63, 3.8) is 0 Å². The molecule has 0 radical (unpaired) electrons. The Morgan fingerprint density at radius 2 is 2.29 bits per heavy atom. The van der Waals surface area contributed by atoms with Crippen molar-refractivity contribution in [1.82, 2.24) is 9.55 Å². The molecule has 0 saturated heterocycles. The summed E-state index contributed by atoms with van der Waals surface area (Å²) in [7, 11) is 0. The lowest BCUT2D eigenvalue weighted by molar-refractivity contribution is -0.304. The monoisotopic (exact) mass is 323 g/mol. The zero-order chi connectivity index (χ0) is 15.1. The van der Waals surface area contributed by atoms with Crippen molar-refractivity contribution < 1.29 is 9.90 Å². The minimum Gasteiger partial charge on any atom is -0.549 e. The number of nitrogens with zero attached hydrogens (tertiary/aromatic N) is 2. The minimum absolute atomic E-state index is 0.0463. The van der Waals surface area contributed by atoms with Crippen LogP contribution in [-0.4, -0.2) is 20.8 Å². The molecular formula is C14H15N2O3S2-. The van der Waals surface area contributed by atoms with Crippen LogP contribution in [0.4, 0.5) is 0 Å².